The summed E-state index contributed by atoms with van der Waals surface area (Å²) < 4.78 is 0. The van der Waals surface area contributed by atoms with Gasteiger partial charge in [-0.3, -0.25) is 4.98 Å². The highest BCUT2D eigenvalue weighted by Crippen LogP contribution is 2.08. The van der Waals surface area contributed by atoms with Gasteiger partial charge in [-0.15, -0.1) is 11.3 Å². The summed E-state index contributed by atoms with van der Waals surface area (Å²) in [6, 6.07) is 8.46. The normalized spacial score (nSPS) is 10.5. The molecule has 0 amide bonds. The molecule has 0 bridgehead atoms. The van der Waals surface area contributed by atoms with Gasteiger partial charge in [0.2, 0.25) is 0 Å². The topological polar surface area (TPSA) is 24.9 Å². The molecule has 0 radical (unpaired) electrons. The molecule has 0 saturated heterocycles. The van der Waals surface area contributed by atoms with Crippen LogP contribution in [-0.4, -0.2) is 4.98 Å². The lowest BCUT2D eigenvalue weighted by Crippen LogP contribution is -2.12. The van der Waals surface area contributed by atoms with E-state index in [1.165, 1.54) is 16.0 Å². The van der Waals surface area contributed by atoms with E-state index in [1.54, 1.807) is 11.3 Å². The zero-order chi connectivity index (χ0) is 10.5. The van der Waals surface area contributed by atoms with Crippen LogP contribution in [0.5, 0.6) is 0 Å². The molecular weight excluding hydrogens is 204 g/mol. The lowest BCUT2D eigenvalue weighted by molar-refractivity contribution is 0.697. The quantitative estimate of drug-likeness (QED) is 0.853. The van der Waals surface area contributed by atoms with Crippen molar-refractivity contribution in [3.63, 3.8) is 0 Å². The van der Waals surface area contributed by atoms with E-state index < -0.39 is 0 Å². The molecule has 3 heteroatoms. The van der Waals surface area contributed by atoms with Crippen LogP contribution in [0, 0.1) is 6.92 Å². The summed E-state index contributed by atoms with van der Waals surface area (Å²) in [5.41, 5.74) is 4.57. The minimum Gasteiger partial charge on any atom is -0.308 e. The monoisotopic (exact) mass is 218 g/mol. The van der Waals surface area contributed by atoms with Crippen molar-refractivity contribution in [2.75, 3.05) is 0 Å². The largest absolute Gasteiger partial charge is 0.308 e. The van der Waals surface area contributed by atoms with Crippen LogP contribution >= 0.6 is 11.3 Å². The second-order valence-corrected chi connectivity index (χ2v) is 4.47. The molecular formula is C12H14N2S. The minimum absolute atomic E-state index is 0.902. The summed E-state index contributed by atoms with van der Waals surface area (Å²) in [4.78, 5) is 5.32. The highest BCUT2D eigenvalue weighted by Gasteiger charge is 1.97. The van der Waals surface area contributed by atoms with Crippen LogP contribution in [0.1, 0.15) is 16.0 Å². The fraction of sp³-hybridized carbons (Fsp3) is 0.250. The molecule has 1 N–H and O–H groups in total. The first kappa shape index (κ1) is 10.3. The molecule has 0 aliphatic heterocycles. The van der Waals surface area contributed by atoms with E-state index >= 15 is 0 Å². The van der Waals surface area contributed by atoms with Crippen LogP contribution < -0.4 is 5.32 Å². The third-order valence-electron chi connectivity index (χ3n) is 2.36. The van der Waals surface area contributed by atoms with Gasteiger partial charge in [0.15, 0.2) is 0 Å². The Balaban J connectivity index is 1.86. The number of aryl methyl sites for hydroxylation is 1. The standard InChI is InChI=1S/C12H14N2S/c1-10-4-2-3-5-11(10)6-13-7-12-8-14-9-15-12/h2-5,8-9,13H,6-7H2,1H3. The van der Waals surface area contributed by atoms with E-state index in [1.807, 2.05) is 11.7 Å². The zero-order valence-electron chi connectivity index (χ0n) is 8.73. The van der Waals surface area contributed by atoms with Crippen LogP contribution in [-0.2, 0) is 13.1 Å². The Labute approximate surface area is 94.0 Å². The maximum atomic E-state index is 4.04. The molecule has 78 valence electrons. The van der Waals surface area contributed by atoms with Gasteiger partial charge < -0.3 is 5.32 Å². The van der Waals surface area contributed by atoms with Gasteiger partial charge in [-0.1, -0.05) is 24.3 Å². The van der Waals surface area contributed by atoms with Crippen molar-refractivity contribution in [2.24, 2.45) is 0 Å². The van der Waals surface area contributed by atoms with Gasteiger partial charge in [-0.2, -0.15) is 0 Å². The zero-order valence-corrected chi connectivity index (χ0v) is 9.55. The Kier molecular flexibility index (Phi) is 3.48. The summed E-state index contributed by atoms with van der Waals surface area (Å²) >= 11 is 1.69. The molecule has 0 aliphatic rings. The van der Waals surface area contributed by atoms with E-state index in [4.69, 9.17) is 0 Å². The van der Waals surface area contributed by atoms with Gasteiger partial charge in [0.25, 0.3) is 0 Å². The minimum atomic E-state index is 0.902. The number of rotatable bonds is 4. The van der Waals surface area contributed by atoms with Gasteiger partial charge in [0.05, 0.1) is 5.51 Å². The van der Waals surface area contributed by atoms with E-state index in [0.717, 1.165) is 13.1 Å². The molecule has 0 unspecified atom stereocenters. The lowest BCUT2D eigenvalue weighted by Gasteiger charge is -2.05. The molecule has 1 heterocycles. The summed E-state index contributed by atoms with van der Waals surface area (Å²) in [6.07, 6.45) is 1.91. The van der Waals surface area contributed by atoms with Crippen LogP contribution in [0.4, 0.5) is 0 Å². The third-order valence-corrected chi connectivity index (χ3v) is 3.14. The first-order chi connectivity index (χ1) is 7.36. The van der Waals surface area contributed by atoms with Crippen molar-refractivity contribution in [3.8, 4) is 0 Å². The maximum Gasteiger partial charge on any atom is 0.0794 e. The Morgan fingerprint density at radius 2 is 2.13 bits per heavy atom. The molecule has 1 aromatic carbocycles. The number of thiazole rings is 1. The summed E-state index contributed by atoms with van der Waals surface area (Å²) in [6.45, 7) is 3.97. The fourth-order valence-electron chi connectivity index (χ4n) is 1.46. The molecule has 2 aromatic rings. The average Bonchev–Trinajstić information content (AvgIpc) is 2.74. The smallest absolute Gasteiger partial charge is 0.0794 e. The lowest BCUT2D eigenvalue weighted by atomic mass is 10.1. The predicted octanol–water partition coefficient (Wildman–Crippen LogP) is 2.74. The van der Waals surface area contributed by atoms with Crippen molar-refractivity contribution in [3.05, 3.63) is 52.0 Å². The average molecular weight is 218 g/mol. The fourth-order valence-corrected chi connectivity index (χ4v) is 2.02. The Morgan fingerprint density at radius 3 is 2.87 bits per heavy atom. The van der Waals surface area contributed by atoms with Gasteiger partial charge in [0, 0.05) is 24.2 Å². The van der Waals surface area contributed by atoms with E-state index in [2.05, 4.69) is 41.5 Å². The Bertz CT molecular complexity index is 409. The van der Waals surface area contributed by atoms with Gasteiger partial charge in [-0.25, -0.2) is 0 Å². The van der Waals surface area contributed by atoms with Crippen LogP contribution in [0.15, 0.2) is 36.0 Å². The van der Waals surface area contributed by atoms with Crippen molar-refractivity contribution in [2.45, 2.75) is 20.0 Å². The molecule has 1 aromatic heterocycles. The number of hydrogen-bond donors (Lipinski definition) is 1. The SMILES string of the molecule is Cc1ccccc1CNCc1cncs1. The molecule has 2 nitrogen and oxygen atoms in total. The molecule has 15 heavy (non-hydrogen) atoms. The van der Waals surface area contributed by atoms with Crippen LogP contribution in [0.2, 0.25) is 0 Å². The van der Waals surface area contributed by atoms with E-state index in [0.29, 0.717) is 0 Å². The molecule has 0 aliphatic carbocycles. The highest BCUT2D eigenvalue weighted by molar-refractivity contribution is 7.09. The van der Waals surface area contributed by atoms with Crippen molar-refractivity contribution in [1.82, 2.24) is 10.3 Å². The van der Waals surface area contributed by atoms with Crippen molar-refractivity contribution >= 4 is 11.3 Å². The van der Waals surface area contributed by atoms with E-state index in [9.17, 15) is 0 Å². The number of aromatic nitrogens is 1. The number of nitrogens with one attached hydrogen (secondary N) is 1. The molecule has 0 atom stereocenters. The summed E-state index contributed by atoms with van der Waals surface area (Å²) in [5.74, 6) is 0. The van der Waals surface area contributed by atoms with Crippen molar-refractivity contribution < 1.29 is 0 Å². The first-order valence-corrected chi connectivity index (χ1v) is 5.87. The Hall–Kier alpha value is -1.19. The van der Waals surface area contributed by atoms with Crippen LogP contribution in [0.25, 0.3) is 0 Å². The summed E-state index contributed by atoms with van der Waals surface area (Å²) in [7, 11) is 0. The number of benzene rings is 1. The van der Waals surface area contributed by atoms with Gasteiger partial charge in [0.1, 0.15) is 0 Å². The first-order valence-electron chi connectivity index (χ1n) is 4.99. The Morgan fingerprint density at radius 1 is 1.27 bits per heavy atom. The number of hydrogen-bond acceptors (Lipinski definition) is 3. The van der Waals surface area contributed by atoms with Gasteiger partial charge in [-0.05, 0) is 18.1 Å². The molecule has 0 spiro atoms. The molecule has 0 saturated carbocycles. The second-order valence-electron chi connectivity index (χ2n) is 3.50. The predicted molar refractivity (Wildman–Crippen MR) is 63.8 cm³/mol. The molecule has 2 rings (SSSR count). The molecule has 0 fully saturated rings. The van der Waals surface area contributed by atoms with E-state index in [-0.39, 0.29) is 0 Å². The third kappa shape index (κ3) is 2.88. The number of nitrogens with zero attached hydrogens (tertiary/aromatic N) is 1. The van der Waals surface area contributed by atoms with Crippen molar-refractivity contribution in [1.29, 1.82) is 0 Å². The van der Waals surface area contributed by atoms with Gasteiger partial charge >= 0.3 is 0 Å². The summed E-state index contributed by atoms with van der Waals surface area (Å²) in [5, 5.41) is 3.42. The highest BCUT2D eigenvalue weighted by atomic mass is 32.1. The second kappa shape index (κ2) is 5.05. The maximum absolute atomic E-state index is 4.04. The van der Waals surface area contributed by atoms with Crippen LogP contribution in [0.3, 0.4) is 0 Å².